The summed E-state index contributed by atoms with van der Waals surface area (Å²) in [5, 5.41) is 10.9. The third-order valence-electron chi connectivity index (χ3n) is 4.85. The van der Waals surface area contributed by atoms with Crippen LogP contribution in [0.5, 0.6) is 0 Å². The van der Waals surface area contributed by atoms with Crippen LogP contribution in [-0.4, -0.2) is 67.7 Å². The van der Waals surface area contributed by atoms with Gasteiger partial charge in [-0.2, -0.15) is 0 Å². The molecule has 1 amide bonds. The van der Waals surface area contributed by atoms with Crippen molar-refractivity contribution in [1.82, 2.24) is 24.4 Å². The number of imidazole rings is 1. The highest BCUT2D eigenvalue weighted by atomic mass is 16.3. The second kappa shape index (κ2) is 7.82. The molecule has 0 aliphatic carbocycles. The number of hydrogen-bond acceptors (Lipinski definition) is 6. The van der Waals surface area contributed by atoms with Gasteiger partial charge in [0, 0.05) is 64.3 Å². The van der Waals surface area contributed by atoms with Gasteiger partial charge in [-0.25, -0.2) is 9.97 Å². The summed E-state index contributed by atoms with van der Waals surface area (Å²) in [5.41, 5.74) is -0.925. The van der Waals surface area contributed by atoms with E-state index in [-0.39, 0.29) is 5.91 Å². The molecule has 0 saturated carbocycles. The molecule has 1 N–H and O–H groups in total. The number of nitrogens with zero attached hydrogens (tertiary/aromatic N) is 6. The SMILES string of the molecule is CCc1nccn1CCC(=O)N(C)CC1(O)CCN(c2cnccn2)C1. The summed E-state index contributed by atoms with van der Waals surface area (Å²) in [6.45, 7) is 4.12. The van der Waals surface area contributed by atoms with E-state index in [0.717, 1.165) is 18.1 Å². The fourth-order valence-corrected chi connectivity index (χ4v) is 3.43. The van der Waals surface area contributed by atoms with Crippen molar-refractivity contribution in [2.24, 2.45) is 0 Å². The van der Waals surface area contributed by atoms with Crippen molar-refractivity contribution in [2.75, 3.05) is 31.6 Å². The zero-order valence-electron chi connectivity index (χ0n) is 15.4. The Balaban J connectivity index is 1.52. The Morgan fingerprint density at radius 1 is 1.35 bits per heavy atom. The highest BCUT2D eigenvalue weighted by Crippen LogP contribution is 2.25. The maximum atomic E-state index is 12.5. The van der Waals surface area contributed by atoms with Gasteiger partial charge in [0.15, 0.2) is 0 Å². The number of aliphatic hydroxyl groups is 1. The third kappa shape index (κ3) is 4.19. The summed E-state index contributed by atoms with van der Waals surface area (Å²) in [5.74, 6) is 1.76. The molecular formula is C18H26N6O2. The number of carbonyl (C=O) groups is 1. The maximum Gasteiger partial charge on any atom is 0.224 e. The standard InChI is InChI=1S/C18H26N6O2/c1-3-15-21-8-11-23(15)9-4-17(25)22(2)13-18(26)5-10-24(14-18)16-12-19-6-7-20-16/h6-8,11-12,26H,3-5,9-10,13-14H2,1-2H3. The highest BCUT2D eigenvalue weighted by molar-refractivity contribution is 5.75. The van der Waals surface area contributed by atoms with Crippen LogP contribution in [-0.2, 0) is 17.8 Å². The summed E-state index contributed by atoms with van der Waals surface area (Å²) in [6, 6.07) is 0. The second-order valence-electron chi connectivity index (χ2n) is 6.85. The molecule has 0 aromatic carbocycles. The quantitative estimate of drug-likeness (QED) is 0.785. The minimum Gasteiger partial charge on any atom is -0.386 e. The van der Waals surface area contributed by atoms with Gasteiger partial charge in [-0.05, 0) is 6.42 Å². The van der Waals surface area contributed by atoms with Crippen LogP contribution in [0.2, 0.25) is 0 Å². The molecule has 140 valence electrons. The molecule has 3 heterocycles. The molecule has 1 fully saturated rings. The molecule has 8 heteroatoms. The van der Waals surface area contributed by atoms with Gasteiger partial charge >= 0.3 is 0 Å². The van der Waals surface area contributed by atoms with Crippen LogP contribution >= 0.6 is 0 Å². The average molecular weight is 358 g/mol. The number of likely N-dealkylation sites (N-methyl/N-ethyl adjacent to an activating group) is 1. The van der Waals surface area contributed by atoms with Crippen molar-refractivity contribution in [3.63, 3.8) is 0 Å². The first-order valence-electron chi connectivity index (χ1n) is 8.98. The van der Waals surface area contributed by atoms with Crippen LogP contribution in [0.15, 0.2) is 31.0 Å². The molecule has 1 aliphatic rings. The van der Waals surface area contributed by atoms with Crippen LogP contribution < -0.4 is 4.90 Å². The molecule has 3 rings (SSSR count). The Hall–Kier alpha value is -2.48. The van der Waals surface area contributed by atoms with Gasteiger partial charge in [0.25, 0.3) is 0 Å². The number of rotatable bonds is 7. The fraction of sp³-hybridized carbons (Fsp3) is 0.556. The molecule has 8 nitrogen and oxygen atoms in total. The Morgan fingerprint density at radius 3 is 2.92 bits per heavy atom. The average Bonchev–Trinajstić information content (AvgIpc) is 3.26. The molecule has 1 saturated heterocycles. The summed E-state index contributed by atoms with van der Waals surface area (Å²) in [6.07, 6.45) is 10.5. The molecule has 1 aliphatic heterocycles. The Kier molecular flexibility index (Phi) is 5.51. The van der Waals surface area contributed by atoms with E-state index >= 15 is 0 Å². The monoisotopic (exact) mass is 358 g/mol. The van der Waals surface area contributed by atoms with Crippen LogP contribution in [0.25, 0.3) is 0 Å². The lowest BCUT2D eigenvalue weighted by molar-refractivity contribution is -0.133. The minimum absolute atomic E-state index is 0.0205. The van der Waals surface area contributed by atoms with Gasteiger partial charge in [0.1, 0.15) is 17.2 Å². The van der Waals surface area contributed by atoms with Crippen LogP contribution in [0.4, 0.5) is 5.82 Å². The Morgan fingerprint density at radius 2 is 2.19 bits per heavy atom. The second-order valence-corrected chi connectivity index (χ2v) is 6.85. The van der Waals surface area contributed by atoms with Gasteiger partial charge < -0.3 is 19.5 Å². The van der Waals surface area contributed by atoms with Crippen LogP contribution in [0.3, 0.4) is 0 Å². The number of anilines is 1. The lowest BCUT2D eigenvalue weighted by atomic mass is 10.0. The van der Waals surface area contributed by atoms with E-state index in [1.165, 1.54) is 0 Å². The first kappa shape index (κ1) is 18.3. The third-order valence-corrected chi connectivity index (χ3v) is 4.85. The van der Waals surface area contributed by atoms with Crippen molar-refractivity contribution in [2.45, 2.75) is 38.3 Å². The van der Waals surface area contributed by atoms with Gasteiger partial charge in [-0.15, -0.1) is 0 Å². The molecule has 0 spiro atoms. The first-order chi connectivity index (χ1) is 12.5. The lowest BCUT2D eigenvalue weighted by Crippen LogP contribution is -2.46. The van der Waals surface area contributed by atoms with Crippen LogP contribution in [0, 0.1) is 0 Å². The Labute approximate surface area is 153 Å². The van der Waals surface area contributed by atoms with Gasteiger partial charge in [-0.1, -0.05) is 6.92 Å². The molecular weight excluding hydrogens is 332 g/mol. The fourth-order valence-electron chi connectivity index (χ4n) is 3.43. The van der Waals surface area contributed by atoms with Crippen molar-refractivity contribution in [3.8, 4) is 0 Å². The predicted octanol–water partition coefficient (Wildman–Crippen LogP) is 0.725. The molecule has 26 heavy (non-hydrogen) atoms. The predicted molar refractivity (Wildman–Crippen MR) is 97.7 cm³/mol. The van der Waals surface area contributed by atoms with Crippen LogP contribution in [0.1, 0.15) is 25.6 Å². The number of carbonyl (C=O) groups excluding carboxylic acids is 1. The lowest BCUT2D eigenvalue weighted by Gasteiger charge is -2.29. The molecule has 2 aromatic rings. The number of β-amino-alcohol motifs (C(OH)–C–C–N with tert-alkyl or cyclic N) is 1. The van der Waals surface area contributed by atoms with E-state index < -0.39 is 5.60 Å². The zero-order chi connectivity index (χ0) is 18.6. The molecule has 1 unspecified atom stereocenters. The molecule has 2 aromatic heterocycles. The zero-order valence-corrected chi connectivity index (χ0v) is 15.4. The number of amides is 1. The van der Waals surface area contributed by atoms with E-state index in [2.05, 4.69) is 15.0 Å². The smallest absolute Gasteiger partial charge is 0.224 e. The Bertz CT molecular complexity index is 734. The largest absolute Gasteiger partial charge is 0.386 e. The maximum absolute atomic E-state index is 12.5. The summed E-state index contributed by atoms with van der Waals surface area (Å²) < 4.78 is 2.01. The summed E-state index contributed by atoms with van der Waals surface area (Å²) in [4.78, 5) is 28.7. The number of hydrogen-bond donors (Lipinski definition) is 1. The molecule has 0 bridgehead atoms. The molecule has 0 radical (unpaired) electrons. The van der Waals surface area contributed by atoms with E-state index in [4.69, 9.17) is 0 Å². The molecule has 1 atom stereocenters. The van der Waals surface area contributed by atoms with E-state index in [9.17, 15) is 9.90 Å². The van der Waals surface area contributed by atoms with Crippen molar-refractivity contribution in [1.29, 1.82) is 0 Å². The topological polar surface area (TPSA) is 87.4 Å². The van der Waals surface area contributed by atoms with E-state index in [0.29, 0.717) is 39.0 Å². The summed E-state index contributed by atoms with van der Waals surface area (Å²) >= 11 is 0. The first-order valence-corrected chi connectivity index (χ1v) is 8.98. The number of aryl methyl sites for hydroxylation is 2. The van der Waals surface area contributed by atoms with Crippen molar-refractivity contribution < 1.29 is 9.90 Å². The van der Waals surface area contributed by atoms with Gasteiger partial charge in [0.2, 0.25) is 5.91 Å². The van der Waals surface area contributed by atoms with E-state index in [1.807, 2.05) is 22.6 Å². The summed E-state index contributed by atoms with van der Waals surface area (Å²) in [7, 11) is 1.75. The van der Waals surface area contributed by atoms with E-state index in [1.54, 1.807) is 36.7 Å². The normalized spacial score (nSPS) is 19.7. The highest BCUT2D eigenvalue weighted by Gasteiger charge is 2.38. The minimum atomic E-state index is -0.925. The van der Waals surface area contributed by atoms with Gasteiger partial charge in [-0.3, -0.25) is 9.78 Å². The van der Waals surface area contributed by atoms with Gasteiger partial charge in [0.05, 0.1) is 12.7 Å². The van der Waals surface area contributed by atoms with Crippen molar-refractivity contribution in [3.05, 3.63) is 36.8 Å². The number of aromatic nitrogens is 4. The van der Waals surface area contributed by atoms with Crippen molar-refractivity contribution >= 4 is 11.7 Å².